The van der Waals surface area contributed by atoms with Crippen molar-refractivity contribution in [3.05, 3.63) is 24.3 Å². The molecule has 0 aromatic heterocycles. The highest BCUT2D eigenvalue weighted by atomic mass is 15.2. The van der Waals surface area contributed by atoms with Gasteiger partial charge in [-0.1, -0.05) is 24.3 Å². The minimum atomic E-state index is 0.567. The van der Waals surface area contributed by atoms with E-state index in [0.717, 1.165) is 47.3 Å². The zero-order valence-corrected chi connectivity index (χ0v) is 11.1. The molecule has 2 nitrogen and oxygen atoms in total. The summed E-state index contributed by atoms with van der Waals surface area (Å²) in [4.78, 5) is 0. The third kappa shape index (κ3) is 0.976. The van der Waals surface area contributed by atoms with E-state index >= 15 is 0 Å². The molecule has 3 fully saturated rings. The Morgan fingerprint density at radius 3 is 1.47 bits per heavy atom. The summed E-state index contributed by atoms with van der Waals surface area (Å²) in [5, 5.41) is 9.64. The van der Waals surface area contributed by atoms with Crippen molar-refractivity contribution in [1.29, 1.82) is 0 Å². The van der Waals surface area contributed by atoms with Gasteiger partial charge in [-0.2, -0.15) is 10.2 Å². The molecule has 98 valence electrons. The molecule has 2 aliphatic heterocycles. The van der Waals surface area contributed by atoms with Crippen molar-refractivity contribution in [1.82, 2.24) is 0 Å². The monoisotopic (exact) mass is 252 g/mol. The van der Waals surface area contributed by atoms with E-state index in [2.05, 4.69) is 24.3 Å². The molecular weight excluding hydrogens is 232 g/mol. The van der Waals surface area contributed by atoms with Gasteiger partial charge in [-0.3, -0.25) is 0 Å². The Balaban J connectivity index is 1.53. The van der Waals surface area contributed by atoms with Gasteiger partial charge in [0.15, 0.2) is 0 Å². The molecule has 3 saturated carbocycles. The minimum absolute atomic E-state index is 0.567. The standard InChI is InChI=1S/C17H20N2/c1-2-9-4-3-8(1)12-13(9)17-15-11-6-5-10(7-11)14(15)16(12)18-19-17/h1-2,5-6,8-17H,3-4,7H2. The highest BCUT2D eigenvalue weighted by molar-refractivity contribution is 5.27. The van der Waals surface area contributed by atoms with Crippen LogP contribution in [0.15, 0.2) is 34.5 Å². The quantitative estimate of drug-likeness (QED) is 0.590. The summed E-state index contributed by atoms with van der Waals surface area (Å²) >= 11 is 0. The largest absolute Gasteiger partial charge is 0.190 e. The fraction of sp³-hybridized carbons (Fsp3) is 0.765. The molecule has 0 N–H and O–H groups in total. The van der Waals surface area contributed by atoms with Crippen molar-refractivity contribution < 1.29 is 0 Å². The maximum absolute atomic E-state index is 4.82. The van der Waals surface area contributed by atoms with Crippen molar-refractivity contribution in [3.8, 4) is 0 Å². The summed E-state index contributed by atoms with van der Waals surface area (Å²) in [6.45, 7) is 0. The Hall–Kier alpha value is -0.920. The molecule has 10 unspecified atom stereocenters. The van der Waals surface area contributed by atoms with Gasteiger partial charge in [-0.15, -0.1) is 0 Å². The molecule has 0 aromatic carbocycles. The Kier molecular flexibility index (Phi) is 1.59. The Labute approximate surface area is 114 Å². The maximum Gasteiger partial charge on any atom is 0.0783 e. The summed E-state index contributed by atoms with van der Waals surface area (Å²) in [5.41, 5.74) is 0. The lowest BCUT2D eigenvalue weighted by Gasteiger charge is -2.59. The van der Waals surface area contributed by atoms with Crippen LogP contribution < -0.4 is 0 Å². The lowest BCUT2D eigenvalue weighted by atomic mass is 9.48. The number of rotatable bonds is 0. The molecule has 8 rings (SSSR count). The summed E-state index contributed by atoms with van der Waals surface area (Å²) in [6.07, 6.45) is 14.3. The van der Waals surface area contributed by atoms with Crippen LogP contribution in [-0.2, 0) is 0 Å². The molecule has 6 bridgehead atoms. The van der Waals surface area contributed by atoms with Crippen LogP contribution in [-0.4, -0.2) is 12.1 Å². The molecule has 2 heteroatoms. The van der Waals surface area contributed by atoms with Crippen molar-refractivity contribution in [2.24, 2.45) is 57.6 Å². The molecule has 0 amide bonds. The van der Waals surface area contributed by atoms with Gasteiger partial charge in [0.1, 0.15) is 0 Å². The molecule has 0 spiro atoms. The first kappa shape index (κ1) is 9.90. The molecule has 10 atom stereocenters. The van der Waals surface area contributed by atoms with Gasteiger partial charge in [0.2, 0.25) is 0 Å². The number of nitrogens with zero attached hydrogens (tertiary/aromatic N) is 2. The van der Waals surface area contributed by atoms with Gasteiger partial charge in [0.05, 0.1) is 12.1 Å². The third-order valence-corrected chi connectivity index (χ3v) is 7.37. The Morgan fingerprint density at radius 1 is 0.579 bits per heavy atom. The second kappa shape index (κ2) is 3.05. The van der Waals surface area contributed by atoms with Crippen LogP contribution in [0, 0.1) is 47.3 Å². The average molecular weight is 252 g/mol. The lowest BCUT2D eigenvalue weighted by Crippen LogP contribution is -2.61. The Bertz CT molecular complexity index is 489. The fourth-order valence-electron chi connectivity index (χ4n) is 6.87. The SMILES string of the molecule is C1=CC2CCC1C1C3N=NC(C21)C1C2C=CC(C2)C31. The van der Waals surface area contributed by atoms with E-state index in [0.29, 0.717) is 12.1 Å². The second-order valence-corrected chi connectivity index (χ2v) is 7.76. The molecule has 8 aliphatic rings. The van der Waals surface area contributed by atoms with Gasteiger partial charge in [0.25, 0.3) is 0 Å². The van der Waals surface area contributed by atoms with Gasteiger partial charge in [-0.05, 0) is 66.6 Å². The second-order valence-electron chi connectivity index (χ2n) is 7.76. The van der Waals surface area contributed by atoms with E-state index in [9.17, 15) is 0 Å². The molecule has 19 heavy (non-hydrogen) atoms. The normalized spacial score (nSPS) is 65.7. The highest BCUT2D eigenvalue weighted by Crippen LogP contribution is 2.65. The summed E-state index contributed by atoms with van der Waals surface area (Å²) in [6, 6.07) is 1.13. The molecule has 2 heterocycles. The third-order valence-electron chi connectivity index (χ3n) is 7.37. The minimum Gasteiger partial charge on any atom is -0.190 e. The number of fused-ring (bicyclic) bond motifs is 3. The van der Waals surface area contributed by atoms with Crippen LogP contribution >= 0.6 is 0 Å². The van der Waals surface area contributed by atoms with Crippen molar-refractivity contribution in [3.63, 3.8) is 0 Å². The van der Waals surface area contributed by atoms with Gasteiger partial charge in [-0.25, -0.2) is 0 Å². The maximum atomic E-state index is 4.82. The van der Waals surface area contributed by atoms with Gasteiger partial charge >= 0.3 is 0 Å². The molecular formula is C17H20N2. The molecule has 0 radical (unpaired) electrons. The first-order valence-electron chi connectivity index (χ1n) is 8.18. The summed E-state index contributed by atoms with van der Waals surface area (Å²) in [5.74, 6) is 6.73. The highest BCUT2D eigenvalue weighted by Gasteiger charge is 2.65. The van der Waals surface area contributed by atoms with E-state index in [4.69, 9.17) is 10.2 Å². The fourth-order valence-corrected chi connectivity index (χ4v) is 6.87. The predicted molar refractivity (Wildman–Crippen MR) is 72.5 cm³/mol. The number of hydrogen-bond acceptors (Lipinski definition) is 2. The topological polar surface area (TPSA) is 24.7 Å². The van der Waals surface area contributed by atoms with E-state index in [1.54, 1.807) is 0 Å². The van der Waals surface area contributed by atoms with Crippen molar-refractivity contribution >= 4 is 0 Å². The smallest absolute Gasteiger partial charge is 0.0783 e. The first-order chi connectivity index (χ1) is 9.42. The lowest BCUT2D eigenvalue weighted by molar-refractivity contribution is -0.0488. The zero-order valence-electron chi connectivity index (χ0n) is 11.1. The molecule has 0 aromatic rings. The van der Waals surface area contributed by atoms with Crippen LogP contribution in [0.2, 0.25) is 0 Å². The van der Waals surface area contributed by atoms with E-state index in [-0.39, 0.29) is 0 Å². The molecule has 0 saturated heterocycles. The molecule has 6 aliphatic carbocycles. The van der Waals surface area contributed by atoms with Crippen LogP contribution in [0.1, 0.15) is 19.3 Å². The van der Waals surface area contributed by atoms with E-state index in [1.807, 2.05) is 0 Å². The van der Waals surface area contributed by atoms with Crippen LogP contribution in [0.25, 0.3) is 0 Å². The van der Waals surface area contributed by atoms with Crippen molar-refractivity contribution in [2.45, 2.75) is 31.3 Å². The Morgan fingerprint density at radius 2 is 1.00 bits per heavy atom. The van der Waals surface area contributed by atoms with Crippen LogP contribution in [0.5, 0.6) is 0 Å². The van der Waals surface area contributed by atoms with E-state index < -0.39 is 0 Å². The first-order valence-corrected chi connectivity index (χ1v) is 8.18. The zero-order chi connectivity index (χ0) is 12.1. The number of allylic oxidation sites excluding steroid dienone is 4. The van der Waals surface area contributed by atoms with Crippen LogP contribution in [0.3, 0.4) is 0 Å². The predicted octanol–water partition coefficient (Wildman–Crippen LogP) is 3.47. The number of azo groups is 1. The van der Waals surface area contributed by atoms with Gasteiger partial charge < -0.3 is 0 Å². The van der Waals surface area contributed by atoms with E-state index in [1.165, 1.54) is 19.3 Å². The van der Waals surface area contributed by atoms with Crippen molar-refractivity contribution in [2.75, 3.05) is 0 Å². The summed E-state index contributed by atoms with van der Waals surface area (Å²) < 4.78 is 0. The summed E-state index contributed by atoms with van der Waals surface area (Å²) in [7, 11) is 0. The number of hydrogen-bond donors (Lipinski definition) is 0. The van der Waals surface area contributed by atoms with Gasteiger partial charge in [0, 0.05) is 0 Å². The van der Waals surface area contributed by atoms with Crippen LogP contribution in [0.4, 0.5) is 0 Å². The average Bonchev–Trinajstić information content (AvgIpc) is 3.12.